The molecule has 0 N–H and O–H groups in total. The third kappa shape index (κ3) is 2.09. The summed E-state index contributed by atoms with van der Waals surface area (Å²) in [6.07, 6.45) is 3.50. The number of likely N-dealkylation sites (N-methyl/N-ethyl adjacent to an activating group) is 1. The van der Waals surface area contributed by atoms with Crippen molar-refractivity contribution >= 4 is 17.2 Å². The van der Waals surface area contributed by atoms with Crippen molar-refractivity contribution in [3.05, 3.63) is 21.9 Å². The molecule has 2 aliphatic rings. The van der Waals surface area contributed by atoms with Crippen molar-refractivity contribution in [1.82, 2.24) is 9.80 Å². The van der Waals surface area contributed by atoms with Crippen molar-refractivity contribution in [3.63, 3.8) is 0 Å². The quantitative estimate of drug-likeness (QED) is 0.854. The predicted octanol–water partition coefficient (Wildman–Crippen LogP) is 3.14. The standard InChI is InChI=1S/C16H24N2OS/c1-10(2)17(4)14-9-12-5-6-13(14)18(12)16(19)15-11(3)7-8-20-15/h7-8,10,12-14H,5-6,9H2,1-4H3/t12?,13?,14-/m1/s1. The number of carbonyl (C=O) groups is 1. The number of amides is 1. The van der Waals surface area contributed by atoms with E-state index >= 15 is 0 Å². The topological polar surface area (TPSA) is 23.6 Å². The Labute approximate surface area is 125 Å². The maximum atomic E-state index is 12.8. The van der Waals surface area contributed by atoms with Crippen LogP contribution in [-0.2, 0) is 0 Å². The van der Waals surface area contributed by atoms with Gasteiger partial charge in [-0.05, 0) is 64.1 Å². The normalized spacial score (nSPS) is 28.9. The lowest BCUT2D eigenvalue weighted by molar-refractivity contribution is 0.0698. The molecular formula is C16H24N2OS. The van der Waals surface area contributed by atoms with E-state index in [4.69, 9.17) is 0 Å². The van der Waals surface area contributed by atoms with Crippen LogP contribution >= 0.6 is 11.3 Å². The molecule has 0 aromatic carbocycles. The van der Waals surface area contributed by atoms with Gasteiger partial charge in [0.15, 0.2) is 0 Å². The Balaban J connectivity index is 1.82. The fourth-order valence-corrected chi connectivity index (χ4v) is 4.67. The smallest absolute Gasteiger partial charge is 0.264 e. The van der Waals surface area contributed by atoms with Crippen LogP contribution in [-0.4, -0.2) is 46.9 Å². The molecule has 0 spiro atoms. The maximum Gasteiger partial charge on any atom is 0.264 e. The van der Waals surface area contributed by atoms with Crippen LogP contribution in [0.2, 0.25) is 0 Å². The van der Waals surface area contributed by atoms with Crippen LogP contribution in [0.5, 0.6) is 0 Å². The molecule has 3 atom stereocenters. The lowest BCUT2D eigenvalue weighted by atomic mass is 9.94. The molecular weight excluding hydrogens is 268 g/mol. The maximum absolute atomic E-state index is 12.8. The summed E-state index contributed by atoms with van der Waals surface area (Å²) < 4.78 is 0. The molecule has 2 saturated heterocycles. The molecule has 1 aromatic rings. The second-order valence-electron chi connectivity index (χ2n) is 6.51. The summed E-state index contributed by atoms with van der Waals surface area (Å²) in [4.78, 5) is 18.4. The molecule has 0 aliphatic carbocycles. The molecule has 3 heterocycles. The minimum absolute atomic E-state index is 0.268. The SMILES string of the molecule is Cc1ccsc1C(=O)N1C2CCC1[C@H](N(C)C(C)C)C2. The van der Waals surface area contributed by atoms with Crippen molar-refractivity contribution in [2.45, 2.75) is 64.2 Å². The Morgan fingerprint density at radius 2 is 2.20 bits per heavy atom. The molecule has 1 aromatic heterocycles. The van der Waals surface area contributed by atoms with Gasteiger partial charge in [-0.25, -0.2) is 0 Å². The summed E-state index contributed by atoms with van der Waals surface area (Å²) >= 11 is 1.59. The summed E-state index contributed by atoms with van der Waals surface area (Å²) in [5, 5.41) is 2.03. The zero-order valence-corrected chi connectivity index (χ0v) is 13.6. The second kappa shape index (κ2) is 5.15. The number of hydrogen-bond acceptors (Lipinski definition) is 3. The van der Waals surface area contributed by atoms with Gasteiger partial charge in [0.1, 0.15) is 0 Å². The van der Waals surface area contributed by atoms with Crippen LogP contribution in [0.1, 0.15) is 48.3 Å². The highest BCUT2D eigenvalue weighted by Crippen LogP contribution is 2.41. The number of carbonyl (C=O) groups excluding carboxylic acids is 1. The van der Waals surface area contributed by atoms with E-state index in [1.807, 2.05) is 18.4 Å². The third-order valence-corrected chi connectivity index (χ3v) is 6.14. The minimum Gasteiger partial charge on any atom is -0.330 e. The van der Waals surface area contributed by atoms with Gasteiger partial charge in [0.2, 0.25) is 0 Å². The molecule has 3 rings (SSSR count). The van der Waals surface area contributed by atoms with Crippen LogP contribution < -0.4 is 0 Å². The molecule has 2 fully saturated rings. The van der Waals surface area contributed by atoms with Crippen LogP contribution in [0.25, 0.3) is 0 Å². The van der Waals surface area contributed by atoms with Gasteiger partial charge in [0.25, 0.3) is 5.91 Å². The Bertz CT molecular complexity index is 510. The van der Waals surface area contributed by atoms with Gasteiger partial charge in [-0.3, -0.25) is 9.69 Å². The van der Waals surface area contributed by atoms with Gasteiger partial charge < -0.3 is 4.90 Å². The average molecular weight is 292 g/mol. The first kappa shape index (κ1) is 14.1. The Kier molecular flexibility index (Phi) is 3.63. The number of hydrogen-bond donors (Lipinski definition) is 0. The number of fused-ring (bicyclic) bond motifs is 2. The van der Waals surface area contributed by atoms with E-state index < -0.39 is 0 Å². The van der Waals surface area contributed by atoms with E-state index in [9.17, 15) is 4.79 Å². The van der Waals surface area contributed by atoms with Crippen molar-refractivity contribution in [2.24, 2.45) is 0 Å². The van der Waals surface area contributed by atoms with Gasteiger partial charge in [-0.2, -0.15) is 0 Å². The number of nitrogens with zero attached hydrogens (tertiary/aromatic N) is 2. The molecule has 0 saturated carbocycles. The van der Waals surface area contributed by atoms with Crippen molar-refractivity contribution < 1.29 is 4.79 Å². The summed E-state index contributed by atoms with van der Waals surface area (Å²) in [6, 6.07) is 4.01. The molecule has 110 valence electrons. The fraction of sp³-hybridized carbons (Fsp3) is 0.688. The van der Waals surface area contributed by atoms with E-state index in [2.05, 4.69) is 30.7 Å². The monoisotopic (exact) mass is 292 g/mol. The molecule has 2 aliphatic heterocycles. The lowest BCUT2D eigenvalue weighted by Crippen LogP contribution is -2.46. The highest BCUT2D eigenvalue weighted by atomic mass is 32.1. The van der Waals surface area contributed by atoms with E-state index in [1.165, 1.54) is 12.8 Å². The van der Waals surface area contributed by atoms with Gasteiger partial charge in [0.05, 0.1) is 4.88 Å². The number of rotatable bonds is 3. The van der Waals surface area contributed by atoms with Crippen molar-refractivity contribution in [1.29, 1.82) is 0 Å². The third-order valence-electron chi connectivity index (χ3n) is 5.13. The van der Waals surface area contributed by atoms with Gasteiger partial charge in [0, 0.05) is 24.2 Å². The zero-order chi connectivity index (χ0) is 14.4. The summed E-state index contributed by atoms with van der Waals surface area (Å²) in [7, 11) is 2.20. The highest BCUT2D eigenvalue weighted by Gasteiger charge is 2.50. The minimum atomic E-state index is 0.268. The van der Waals surface area contributed by atoms with Gasteiger partial charge in [-0.1, -0.05) is 0 Å². The van der Waals surface area contributed by atoms with Crippen LogP contribution in [0.15, 0.2) is 11.4 Å². The average Bonchev–Trinajstić information content (AvgIpc) is 3.10. The largest absolute Gasteiger partial charge is 0.330 e. The number of thiophene rings is 1. The van der Waals surface area contributed by atoms with E-state index in [0.717, 1.165) is 16.9 Å². The van der Waals surface area contributed by atoms with E-state index in [-0.39, 0.29) is 5.91 Å². The first-order chi connectivity index (χ1) is 9.50. The summed E-state index contributed by atoms with van der Waals surface area (Å²) in [5.41, 5.74) is 1.13. The molecule has 3 nitrogen and oxygen atoms in total. The molecule has 2 unspecified atom stereocenters. The molecule has 20 heavy (non-hydrogen) atoms. The van der Waals surface area contributed by atoms with Crippen LogP contribution in [0.4, 0.5) is 0 Å². The Morgan fingerprint density at radius 1 is 1.45 bits per heavy atom. The zero-order valence-electron chi connectivity index (χ0n) is 12.8. The van der Waals surface area contributed by atoms with Crippen LogP contribution in [0.3, 0.4) is 0 Å². The Morgan fingerprint density at radius 3 is 2.80 bits per heavy atom. The molecule has 4 heteroatoms. The lowest BCUT2D eigenvalue weighted by Gasteiger charge is -2.34. The summed E-state index contributed by atoms with van der Waals surface area (Å²) in [6.45, 7) is 6.52. The molecule has 0 radical (unpaired) electrons. The van der Waals surface area contributed by atoms with Crippen LogP contribution in [0, 0.1) is 6.92 Å². The van der Waals surface area contributed by atoms with Gasteiger partial charge in [-0.15, -0.1) is 11.3 Å². The fourth-order valence-electron chi connectivity index (χ4n) is 3.80. The van der Waals surface area contributed by atoms with Crippen molar-refractivity contribution in [3.8, 4) is 0 Å². The molecule has 2 bridgehead atoms. The second-order valence-corrected chi connectivity index (χ2v) is 7.42. The summed E-state index contributed by atoms with van der Waals surface area (Å²) in [5.74, 6) is 0.268. The first-order valence-electron chi connectivity index (χ1n) is 7.59. The highest BCUT2D eigenvalue weighted by molar-refractivity contribution is 7.12. The van der Waals surface area contributed by atoms with E-state index in [0.29, 0.717) is 24.2 Å². The predicted molar refractivity (Wildman–Crippen MR) is 83.3 cm³/mol. The number of aryl methyl sites for hydroxylation is 1. The van der Waals surface area contributed by atoms with Crippen molar-refractivity contribution in [2.75, 3.05) is 7.05 Å². The first-order valence-corrected chi connectivity index (χ1v) is 8.47. The van der Waals surface area contributed by atoms with Gasteiger partial charge >= 0.3 is 0 Å². The van der Waals surface area contributed by atoms with E-state index in [1.54, 1.807) is 11.3 Å². The molecule has 1 amide bonds. The Hall–Kier alpha value is -0.870.